The third kappa shape index (κ3) is 5.13. The number of nitrogens with one attached hydrogen (secondary N) is 1. The predicted octanol–water partition coefficient (Wildman–Crippen LogP) is 5.04. The van der Waals surface area contributed by atoms with E-state index >= 15 is 4.39 Å². The van der Waals surface area contributed by atoms with Crippen molar-refractivity contribution in [1.29, 1.82) is 0 Å². The van der Waals surface area contributed by atoms with E-state index < -0.39 is 5.82 Å². The molecular weight excluding hydrogens is 451 g/mol. The number of rotatable bonds is 5. The number of anilines is 2. The number of hydrogen-bond acceptors (Lipinski definition) is 6. The Hall–Kier alpha value is -3.09. The molecule has 2 aromatic rings. The SMILES string of the molecule is [C-]#[N+]c1ccc(Nc2nccc(OC3C4COCC3CN(C(=O)OC(C)C)C4)c2F)c(Cl)c1. The van der Waals surface area contributed by atoms with Crippen LogP contribution in [0, 0.1) is 24.2 Å². The number of halogens is 2. The second-order valence-corrected chi connectivity index (χ2v) is 8.76. The molecule has 2 fully saturated rings. The van der Waals surface area contributed by atoms with Crippen LogP contribution in [-0.4, -0.2) is 54.5 Å². The maximum Gasteiger partial charge on any atom is 0.410 e. The molecule has 1 amide bonds. The summed E-state index contributed by atoms with van der Waals surface area (Å²) in [5.74, 6) is -0.858. The molecule has 0 radical (unpaired) electrons. The number of carbonyl (C=O) groups is 1. The van der Waals surface area contributed by atoms with Crippen LogP contribution >= 0.6 is 11.6 Å². The van der Waals surface area contributed by atoms with Crippen molar-refractivity contribution in [3.8, 4) is 5.75 Å². The number of fused-ring (bicyclic) bond motifs is 2. The van der Waals surface area contributed by atoms with Gasteiger partial charge in [0.1, 0.15) is 6.10 Å². The number of nitrogens with zero attached hydrogens (tertiary/aromatic N) is 3. The molecule has 2 atom stereocenters. The number of carbonyl (C=O) groups excluding carboxylic acids is 1. The number of ether oxygens (including phenoxy) is 3. The van der Waals surface area contributed by atoms with Gasteiger partial charge in [-0.05, 0) is 26.0 Å². The topological polar surface area (TPSA) is 77.3 Å². The summed E-state index contributed by atoms with van der Waals surface area (Å²) in [7, 11) is 0. The minimum absolute atomic E-state index is 0.0377. The second-order valence-electron chi connectivity index (χ2n) is 8.35. The first-order valence-electron chi connectivity index (χ1n) is 10.6. The zero-order valence-electron chi connectivity index (χ0n) is 18.3. The summed E-state index contributed by atoms with van der Waals surface area (Å²) in [6, 6.07) is 6.14. The molecule has 1 N–H and O–H groups in total. The minimum Gasteiger partial charge on any atom is -0.486 e. The van der Waals surface area contributed by atoms with Crippen molar-refractivity contribution in [2.24, 2.45) is 11.8 Å². The lowest BCUT2D eigenvalue weighted by atomic mass is 9.84. The average molecular weight is 475 g/mol. The summed E-state index contributed by atoms with van der Waals surface area (Å²) in [6.45, 7) is 12.3. The van der Waals surface area contributed by atoms with E-state index in [1.807, 2.05) is 13.8 Å². The number of hydrogen-bond donors (Lipinski definition) is 1. The summed E-state index contributed by atoms with van der Waals surface area (Å²) >= 11 is 6.20. The number of benzene rings is 1. The van der Waals surface area contributed by atoms with E-state index in [-0.39, 0.29) is 46.7 Å². The van der Waals surface area contributed by atoms with Gasteiger partial charge in [-0.1, -0.05) is 17.7 Å². The van der Waals surface area contributed by atoms with Crippen molar-refractivity contribution >= 4 is 34.9 Å². The molecule has 2 saturated heterocycles. The Morgan fingerprint density at radius 1 is 1.33 bits per heavy atom. The molecule has 33 heavy (non-hydrogen) atoms. The first-order valence-corrected chi connectivity index (χ1v) is 11.0. The zero-order chi connectivity index (χ0) is 23.5. The van der Waals surface area contributed by atoms with Crippen LogP contribution in [0.2, 0.25) is 5.02 Å². The standard InChI is InChI=1S/C23H24ClFN4O4/c1-13(2)32-23(30)29-9-14-11-31-12-15(10-29)21(14)33-19-6-7-27-22(20(19)25)28-18-5-4-16(26-3)8-17(18)24/h4-8,13-15,21H,9-12H2,1-2H3,(H,27,28). The lowest BCUT2D eigenvalue weighted by molar-refractivity contribution is -0.110. The van der Waals surface area contributed by atoms with E-state index in [2.05, 4.69) is 15.1 Å². The summed E-state index contributed by atoms with van der Waals surface area (Å²) < 4.78 is 32.4. The van der Waals surface area contributed by atoms with Gasteiger partial charge in [0.15, 0.2) is 17.3 Å². The van der Waals surface area contributed by atoms with Crippen LogP contribution in [-0.2, 0) is 9.47 Å². The normalized spacial score (nSPS) is 21.9. The number of pyridine rings is 1. The number of amides is 1. The Morgan fingerprint density at radius 3 is 2.70 bits per heavy atom. The Morgan fingerprint density at radius 2 is 2.06 bits per heavy atom. The number of likely N-dealkylation sites (tertiary alicyclic amines) is 1. The fraction of sp³-hybridized carbons (Fsp3) is 0.435. The molecule has 2 aliphatic rings. The van der Waals surface area contributed by atoms with Crippen LogP contribution in [0.25, 0.3) is 4.85 Å². The van der Waals surface area contributed by atoms with Crippen molar-refractivity contribution in [2.75, 3.05) is 31.6 Å². The quantitative estimate of drug-likeness (QED) is 0.612. The fourth-order valence-corrected chi connectivity index (χ4v) is 4.29. The molecule has 174 valence electrons. The highest BCUT2D eigenvalue weighted by Gasteiger charge is 2.44. The Bertz CT molecular complexity index is 1060. The van der Waals surface area contributed by atoms with Crippen molar-refractivity contribution in [3.05, 3.63) is 52.7 Å². The smallest absolute Gasteiger partial charge is 0.410 e. The van der Waals surface area contributed by atoms with E-state index in [0.717, 1.165) is 0 Å². The molecule has 8 nitrogen and oxygen atoms in total. The Labute approximate surface area is 196 Å². The van der Waals surface area contributed by atoms with Crippen LogP contribution in [0.4, 0.5) is 26.4 Å². The van der Waals surface area contributed by atoms with Crippen LogP contribution in [0.3, 0.4) is 0 Å². The van der Waals surface area contributed by atoms with E-state index in [0.29, 0.717) is 37.7 Å². The molecule has 2 bridgehead atoms. The summed E-state index contributed by atoms with van der Waals surface area (Å²) in [5, 5.41) is 3.15. The molecule has 10 heteroatoms. The highest BCUT2D eigenvalue weighted by atomic mass is 35.5. The van der Waals surface area contributed by atoms with Gasteiger partial charge in [-0.25, -0.2) is 14.6 Å². The van der Waals surface area contributed by atoms with Gasteiger partial charge in [0.25, 0.3) is 0 Å². The van der Waals surface area contributed by atoms with Crippen molar-refractivity contribution in [1.82, 2.24) is 9.88 Å². The Balaban J connectivity index is 1.49. The van der Waals surface area contributed by atoms with Crippen LogP contribution < -0.4 is 10.1 Å². The molecular formula is C23H24ClFN4O4. The van der Waals surface area contributed by atoms with Gasteiger partial charge in [0.2, 0.25) is 5.82 Å². The first kappa shape index (κ1) is 23.1. The first-order chi connectivity index (χ1) is 15.9. The van der Waals surface area contributed by atoms with Gasteiger partial charge >= 0.3 is 6.09 Å². The van der Waals surface area contributed by atoms with E-state index in [4.69, 9.17) is 32.4 Å². The average Bonchev–Trinajstić information content (AvgIpc) is 2.76. The summed E-state index contributed by atoms with van der Waals surface area (Å²) in [6.07, 6.45) is 0.575. The van der Waals surface area contributed by atoms with Crippen molar-refractivity contribution in [3.63, 3.8) is 0 Å². The highest BCUT2D eigenvalue weighted by molar-refractivity contribution is 6.33. The van der Waals surface area contributed by atoms with Gasteiger partial charge in [0, 0.05) is 37.2 Å². The van der Waals surface area contributed by atoms with Crippen LogP contribution in [0.5, 0.6) is 5.75 Å². The van der Waals surface area contributed by atoms with Gasteiger partial charge in [0.05, 0.1) is 36.6 Å². The predicted molar refractivity (Wildman–Crippen MR) is 121 cm³/mol. The lowest BCUT2D eigenvalue weighted by Crippen LogP contribution is -2.58. The summed E-state index contributed by atoms with van der Waals surface area (Å²) in [5.41, 5.74) is 0.809. The molecule has 0 saturated carbocycles. The van der Waals surface area contributed by atoms with Gasteiger partial charge in [-0.2, -0.15) is 4.39 Å². The van der Waals surface area contributed by atoms with Crippen molar-refractivity contribution in [2.45, 2.75) is 26.1 Å². The molecule has 1 aromatic carbocycles. The zero-order valence-corrected chi connectivity index (χ0v) is 19.0. The third-order valence-electron chi connectivity index (χ3n) is 5.55. The largest absolute Gasteiger partial charge is 0.486 e. The molecule has 0 spiro atoms. The molecule has 2 aliphatic heterocycles. The maximum atomic E-state index is 15.3. The van der Waals surface area contributed by atoms with E-state index in [1.165, 1.54) is 18.3 Å². The van der Waals surface area contributed by atoms with Crippen LogP contribution in [0.1, 0.15) is 13.8 Å². The molecule has 4 rings (SSSR count). The monoisotopic (exact) mass is 474 g/mol. The van der Waals surface area contributed by atoms with Crippen LogP contribution in [0.15, 0.2) is 30.5 Å². The van der Waals surface area contributed by atoms with E-state index in [9.17, 15) is 4.79 Å². The third-order valence-corrected chi connectivity index (χ3v) is 5.86. The minimum atomic E-state index is -0.650. The van der Waals surface area contributed by atoms with E-state index in [1.54, 1.807) is 17.0 Å². The number of aromatic nitrogens is 1. The number of piperidine rings is 1. The Kier molecular flexibility index (Phi) is 6.86. The second kappa shape index (κ2) is 9.81. The highest BCUT2D eigenvalue weighted by Crippen LogP contribution is 2.35. The lowest BCUT2D eigenvalue weighted by Gasteiger charge is -2.46. The maximum absolute atomic E-state index is 15.3. The van der Waals surface area contributed by atoms with Gasteiger partial charge in [-0.15, -0.1) is 0 Å². The fourth-order valence-electron chi connectivity index (χ4n) is 4.07. The molecule has 0 aliphatic carbocycles. The van der Waals surface area contributed by atoms with Gasteiger partial charge < -0.3 is 24.4 Å². The molecule has 2 unspecified atom stereocenters. The van der Waals surface area contributed by atoms with Crippen molar-refractivity contribution < 1.29 is 23.4 Å². The van der Waals surface area contributed by atoms with Gasteiger partial charge in [-0.3, -0.25) is 0 Å². The molecule has 3 heterocycles. The molecule has 1 aromatic heterocycles. The summed E-state index contributed by atoms with van der Waals surface area (Å²) in [4.78, 5) is 21.4.